The number of aromatic nitrogens is 1. The molecule has 2 atom stereocenters. The van der Waals surface area contributed by atoms with Gasteiger partial charge in [-0.3, -0.25) is 4.79 Å². The third kappa shape index (κ3) is 2.89. The molecule has 0 fully saturated rings. The van der Waals surface area contributed by atoms with Crippen molar-refractivity contribution in [3.05, 3.63) is 65.9 Å². The number of H-pyrrole nitrogens is 1. The van der Waals surface area contributed by atoms with Crippen LogP contribution >= 0.6 is 0 Å². The molecule has 4 rings (SSSR count). The van der Waals surface area contributed by atoms with E-state index in [1.165, 1.54) is 5.56 Å². The van der Waals surface area contributed by atoms with E-state index < -0.39 is 6.04 Å². The number of carbonyl (C=O) groups excluding carboxylic acids is 1. The minimum Gasteiger partial charge on any atom is -0.361 e. The van der Waals surface area contributed by atoms with Crippen LogP contribution in [0, 0.1) is 0 Å². The third-order valence-electron chi connectivity index (χ3n) is 5.28. The standard InChI is InChI=1S/C21H24N4O/c22-10-9-14-13-25(20-8-4-2-6-17(14)20)21(26)18(23)11-15-12-24-19-7-3-1-5-16(15)19/h1-8,12,14,18,24H,9-11,13,22-23H2/t14?,18-/m1/s1. The number of hydrogen-bond acceptors (Lipinski definition) is 3. The number of aromatic amines is 1. The van der Waals surface area contributed by atoms with E-state index >= 15 is 0 Å². The fourth-order valence-electron chi connectivity index (χ4n) is 3.98. The maximum atomic E-state index is 13.1. The van der Waals surface area contributed by atoms with E-state index in [1.54, 1.807) is 0 Å². The van der Waals surface area contributed by atoms with Gasteiger partial charge in [-0.25, -0.2) is 0 Å². The van der Waals surface area contributed by atoms with Crippen molar-refractivity contribution < 1.29 is 4.79 Å². The Bertz CT molecular complexity index is 932. The van der Waals surface area contributed by atoms with Crippen molar-refractivity contribution in [1.82, 2.24) is 4.98 Å². The predicted octanol–water partition coefficient (Wildman–Crippen LogP) is 2.52. The highest BCUT2D eigenvalue weighted by Gasteiger charge is 2.33. The van der Waals surface area contributed by atoms with Crippen molar-refractivity contribution in [2.24, 2.45) is 11.5 Å². The van der Waals surface area contributed by atoms with Gasteiger partial charge in [0.1, 0.15) is 0 Å². The molecule has 1 unspecified atom stereocenters. The summed E-state index contributed by atoms with van der Waals surface area (Å²) in [5, 5.41) is 1.12. The van der Waals surface area contributed by atoms with E-state index in [2.05, 4.69) is 17.1 Å². The van der Waals surface area contributed by atoms with Gasteiger partial charge in [-0.05, 0) is 42.6 Å². The second-order valence-corrected chi connectivity index (χ2v) is 6.95. The van der Waals surface area contributed by atoms with Gasteiger partial charge in [0.25, 0.3) is 0 Å². The van der Waals surface area contributed by atoms with Gasteiger partial charge in [0.2, 0.25) is 5.91 Å². The number of hydrogen-bond donors (Lipinski definition) is 3. The molecule has 5 N–H and O–H groups in total. The second kappa shape index (κ2) is 6.94. The average molecular weight is 348 g/mol. The monoisotopic (exact) mass is 348 g/mol. The smallest absolute Gasteiger partial charge is 0.244 e. The van der Waals surface area contributed by atoms with Crippen LogP contribution in [-0.4, -0.2) is 30.0 Å². The molecule has 1 aliphatic rings. The molecule has 0 aliphatic carbocycles. The van der Waals surface area contributed by atoms with E-state index in [4.69, 9.17) is 11.5 Å². The Morgan fingerprint density at radius 3 is 2.81 bits per heavy atom. The summed E-state index contributed by atoms with van der Waals surface area (Å²) in [5.74, 6) is 0.266. The Morgan fingerprint density at radius 1 is 1.19 bits per heavy atom. The van der Waals surface area contributed by atoms with Crippen molar-refractivity contribution in [3.63, 3.8) is 0 Å². The summed E-state index contributed by atoms with van der Waals surface area (Å²) in [6.07, 6.45) is 3.34. The van der Waals surface area contributed by atoms with Crippen LogP contribution in [0.1, 0.15) is 23.5 Å². The molecule has 1 amide bonds. The van der Waals surface area contributed by atoms with Crippen LogP contribution in [0.3, 0.4) is 0 Å². The quantitative estimate of drug-likeness (QED) is 0.662. The molecule has 5 heteroatoms. The minimum absolute atomic E-state index is 0.0257. The minimum atomic E-state index is -0.570. The van der Waals surface area contributed by atoms with Crippen molar-refractivity contribution >= 4 is 22.5 Å². The van der Waals surface area contributed by atoms with E-state index in [1.807, 2.05) is 47.5 Å². The molecule has 2 aromatic carbocycles. The lowest BCUT2D eigenvalue weighted by Gasteiger charge is -2.22. The molecule has 1 aliphatic heterocycles. The fourth-order valence-corrected chi connectivity index (χ4v) is 3.98. The van der Waals surface area contributed by atoms with Gasteiger partial charge in [0, 0.05) is 35.2 Å². The van der Waals surface area contributed by atoms with Gasteiger partial charge in [-0.2, -0.15) is 0 Å². The van der Waals surface area contributed by atoms with Crippen LogP contribution in [0.5, 0.6) is 0 Å². The zero-order valence-electron chi connectivity index (χ0n) is 14.7. The van der Waals surface area contributed by atoms with Crippen molar-refractivity contribution in [2.75, 3.05) is 18.0 Å². The Labute approximate surface area is 153 Å². The van der Waals surface area contributed by atoms with Crippen LogP contribution in [0.25, 0.3) is 10.9 Å². The highest BCUT2D eigenvalue weighted by atomic mass is 16.2. The van der Waals surface area contributed by atoms with Crippen LogP contribution in [-0.2, 0) is 11.2 Å². The topological polar surface area (TPSA) is 88.1 Å². The number of carbonyl (C=O) groups is 1. The number of rotatable bonds is 5. The number of benzene rings is 2. The highest BCUT2D eigenvalue weighted by Crippen LogP contribution is 2.38. The molecule has 3 aromatic rings. The zero-order chi connectivity index (χ0) is 18.1. The van der Waals surface area contributed by atoms with E-state index in [9.17, 15) is 4.79 Å². The van der Waals surface area contributed by atoms with Crippen molar-refractivity contribution in [2.45, 2.75) is 24.8 Å². The average Bonchev–Trinajstić information content (AvgIpc) is 3.24. The highest BCUT2D eigenvalue weighted by molar-refractivity contribution is 5.99. The summed E-state index contributed by atoms with van der Waals surface area (Å²) in [6, 6.07) is 15.6. The van der Waals surface area contributed by atoms with Gasteiger partial charge in [0.05, 0.1) is 6.04 Å². The summed E-state index contributed by atoms with van der Waals surface area (Å²) in [4.78, 5) is 18.2. The lowest BCUT2D eigenvalue weighted by atomic mass is 9.98. The maximum absolute atomic E-state index is 13.1. The largest absolute Gasteiger partial charge is 0.361 e. The van der Waals surface area contributed by atoms with Gasteiger partial charge in [0.15, 0.2) is 0 Å². The Kier molecular flexibility index (Phi) is 4.49. The molecule has 0 radical (unpaired) electrons. The van der Waals surface area contributed by atoms with Crippen molar-refractivity contribution in [1.29, 1.82) is 0 Å². The Hall–Kier alpha value is -2.63. The number of nitrogens with zero attached hydrogens (tertiary/aromatic N) is 1. The third-order valence-corrected chi connectivity index (χ3v) is 5.28. The molecule has 0 saturated heterocycles. The van der Waals surface area contributed by atoms with Crippen LogP contribution in [0.2, 0.25) is 0 Å². The fraction of sp³-hybridized carbons (Fsp3) is 0.286. The zero-order valence-corrected chi connectivity index (χ0v) is 14.7. The summed E-state index contributed by atoms with van der Waals surface area (Å²) in [5.41, 5.74) is 16.4. The van der Waals surface area contributed by atoms with Crippen molar-refractivity contribution in [3.8, 4) is 0 Å². The maximum Gasteiger partial charge on any atom is 0.244 e. The molecule has 0 saturated carbocycles. The first kappa shape index (κ1) is 16.8. The predicted molar refractivity (Wildman–Crippen MR) is 105 cm³/mol. The second-order valence-electron chi connectivity index (χ2n) is 6.95. The first-order valence-corrected chi connectivity index (χ1v) is 9.10. The normalized spacial score (nSPS) is 17.5. The molecule has 134 valence electrons. The first-order valence-electron chi connectivity index (χ1n) is 9.10. The first-order chi connectivity index (χ1) is 12.7. The molecule has 26 heavy (non-hydrogen) atoms. The molecule has 0 spiro atoms. The Morgan fingerprint density at radius 2 is 1.96 bits per heavy atom. The van der Waals surface area contributed by atoms with E-state index in [0.717, 1.165) is 28.6 Å². The molecular weight excluding hydrogens is 324 g/mol. The van der Waals surface area contributed by atoms with E-state index in [-0.39, 0.29) is 5.91 Å². The summed E-state index contributed by atoms with van der Waals surface area (Å²) in [6.45, 7) is 1.28. The lowest BCUT2D eigenvalue weighted by Crippen LogP contribution is -2.44. The van der Waals surface area contributed by atoms with Crippen LogP contribution in [0.15, 0.2) is 54.7 Å². The summed E-state index contributed by atoms with van der Waals surface area (Å²) in [7, 11) is 0. The number of nitrogens with two attached hydrogens (primary N) is 2. The van der Waals surface area contributed by atoms with Crippen LogP contribution < -0.4 is 16.4 Å². The number of nitrogens with one attached hydrogen (secondary N) is 1. The molecule has 2 heterocycles. The summed E-state index contributed by atoms with van der Waals surface area (Å²) >= 11 is 0. The Balaban J connectivity index is 1.56. The molecule has 1 aromatic heterocycles. The van der Waals surface area contributed by atoms with Gasteiger partial charge in [-0.15, -0.1) is 0 Å². The SMILES string of the molecule is NCCC1CN(C(=O)[C@H](N)Cc2c[nH]c3ccccc23)c2ccccc21. The lowest BCUT2D eigenvalue weighted by molar-refractivity contribution is -0.119. The molecule has 5 nitrogen and oxygen atoms in total. The van der Waals surface area contributed by atoms with Gasteiger partial charge in [-0.1, -0.05) is 36.4 Å². The number of para-hydroxylation sites is 2. The molecular formula is C21H24N4O. The van der Waals surface area contributed by atoms with E-state index in [0.29, 0.717) is 25.4 Å². The number of anilines is 1. The van der Waals surface area contributed by atoms with Gasteiger partial charge < -0.3 is 21.4 Å². The number of fused-ring (bicyclic) bond motifs is 2. The summed E-state index contributed by atoms with van der Waals surface area (Å²) < 4.78 is 0. The molecule has 0 bridgehead atoms. The number of amides is 1. The van der Waals surface area contributed by atoms with Gasteiger partial charge >= 0.3 is 0 Å². The van der Waals surface area contributed by atoms with Crippen LogP contribution in [0.4, 0.5) is 5.69 Å².